The topological polar surface area (TPSA) is 0 Å². The van der Waals surface area contributed by atoms with E-state index in [0.29, 0.717) is 9.16 Å². The molecule has 4 heteroatoms. The first-order chi connectivity index (χ1) is 12.9. The maximum Gasteiger partial charge on any atom is 0.0757 e. The van der Waals surface area contributed by atoms with E-state index in [-0.39, 0.29) is 0 Å². The van der Waals surface area contributed by atoms with Gasteiger partial charge in [0.2, 0.25) is 0 Å². The van der Waals surface area contributed by atoms with E-state index in [2.05, 4.69) is 95.6 Å². The molecule has 0 N–H and O–H groups in total. The smallest absolute Gasteiger partial charge is 0.0757 e. The zero-order chi connectivity index (χ0) is 17.3. The molecule has 0 unspecified atom stereocenters. The summed E-state index contributed by atoms with van der Waals surface area (Å²) >= 11 is 8.49. The van der Waals surface area contributed by atoms with E-state index in [0.717, 1.165) is 0 Å². The van der Waals surface area contributed by atoms with Gasteiger partial charge in [-0.3, -0.25) is 0 Å². The van der Waals surface area contributed by atoms with Crippen LogP contribution < -0.4 is 0 Å². The highest BCUT2D eigenvalue weighted by Crippen LogP contribution is 2.48. The second-order valence-electron chi connectivity index (χ2n) is 6.84. The molecule has 2 fully saturated rings. The normalized spacial score (nSPS) is 20.0. The number of benzene rings is 3. The highest BCUT2D eigenvalue weighted by molar-refractivity contribution is 8.17. The van der Waals surface area contributed by atoms with Crippen LogP contribution in [-0.4, -0.2) is 23.0 Å². The van der Waals surface area contributed by atoms with Crippen molar-refractivity contribution < 1.29 is 0 Å². The molecule has 0 radical (unpaired) electrons. The number of hydrogen-bond acceptors (Lipinski definition) is 4. The maximum absolute atomic E-state index is 2.50. The first kappa shape index (κ1) is 17.7. The molecule has 0 spiro atoms. The van der Waals surface area contributed by atoms with Crippen molar-refractivity contribution in [3.8, 4) is 0 Å². The molecule has 0 saturated carbocycles. The minimum atomic E-state index is 0.593. The van der Waals surface area contributed by atoms with Gasteiger partial charge in [0.25, 0.3) is 0 Å². The van der Waals surface area contributed by atoms with Crippen molar-refractivity contribution in [1.82, 2.24) is 0 Å². The summed E-state index contributed by atoms with van der Waals surface area (Å²) in [7, 11) is 0. The Kier molecular flexibility index (Phi) is 5.37. The Morgan fingerprint density at radius 1 is 0.577 bits per heavy atom. The maximum atomic E-state index is 2.50. The van der Waals surface area contributed by atoms with Crippen LogP contribution in [-0.2, 0) is 0 Å². The van der Waals surface area contributed by atoms with Crippen LogP contribution in [0.3, 0.4) is 0 Å². The molecule has 0 atom stereocenters. The van der Waals surface area contributed by atoms with E-state index in [1.807, 2.05) is 0 Å². The Balaban J connectivity index is 1.67. The predicted octanol–water partition coefficient (Wildman–Crippen LogP) is 7.73. The Morgan fingerprint density at radius 3 is 1.50 bits per heavy atom. The van der Waals surface area contributed by atoms with Gasteiger partial charge in [-0.2, -0.15) is 0 Å². The van der Waals surface area contributed by atoms with E-state index >= 15 is 0 Å². The Hall–Kier alpha value is -0.420. The largest absolute Gasteiger partial charge is 0.143 e. The molecule has 26 heavy (non-hydrogen) atoms. The van der Waals surface area contributed by atoms with E-state index in [1.54, 1.807) is 0 Å². The van der Waals surface area contributed by atoms with Gasteiger partial charge in [0.15, 0.2) is 0 Å². The second-order valence-corrected chi connectivity index (χ2v) is 12.3. The molecular weight excluding hydrogens is 393 g/mol. The van der Waals surface area contributed by atoms with Crippen LogP contribution in [0.1, 0.15) is 33.1 Å². The molecule has 2 saturated heterocycles. The van der Waals surface area contributed by atoms with Gasteiger partial charge < -0.3 is 0 Å². The fourth-order valence-electron chi connectivity index (χ4n) is 3.85. The highest BCUT2D eigenvalue weighted by Gasteiger charge is 2.21. The van der Waals surface area contributed by atoms with Crippen molar-refractivity contribution in [2.75, 3.05) is 23.0 Å². The molecule has 2 aliphatic heterocycles. The summed E-state index contributed by atoms with van der Waals surface area (Å²) in [6.07, 6.45) is 2.69. The lowest BCUT2D eigenvalue weighted by Gasteiger charge is -2.24. The standard InChI is InChI=1S/C22H22S4/c1-5-15-13-16-6-2-8-18(22-25-11-4-12-26-22)20(16)14-19(15)17(7-1)21-23-9-3-10-24-21/h1-2,5-8,13-14,21-22H,3-4,9-12H2. The summed E-state index contributed by atoms with van der Waals surface area (Å²) in [4.78, 5) is 0. The van der Waals surface area contributed by atoms with Gasteiger partial charge in [0, 0.05) is 0 Å². The molecule has 3 aromatic rings. The van der Waals surface area contributed by atoms with Crippen LogP contribution in [0.15, 0.2) is 48.5 Å². The number of fused-ring (bicyclic) bond motifs is 2. The van der Waals surface area contributed by atoms with Crippen LogP contribution in [0.2, 0.25) is 0 Å². The quantitative estimate of drug-likeness (QED) is 0.393. The van der Waals surface area contributed by atoms with Gasteiger partial charge in [-0.05, 0) is 80.7 Å². The molecule has 5 rings (SSSR count). The molecule has 0 amide bonds. The lowest BCUT2D eigenvalue weighted by Crippen LogP contribution is -2.02. The molecule has 0 bridgehead atoms. The SMILES string of the molecule is c1cc(C2SCCCS2)c2cc3c(C4SCCCS4)cccc3cc2c1. The molecule has 0 nitrogen and oxygen atoms in total. The Labute approximate surface area is 172 Å². The van der Waals surface area contributed by atoms with Crippen molar-refractivity contribution in [2.45, 2.75) is 22.0 Å². The molecule has 0 aliphatic carbocycles. The van der Waals surface area contributed by atoms with Crippen molar-refractivity contribution in [1.29, 1.82) is 0 Å². The Bertz CT molecular complexity index is 851. The summed E-state index contributed by atoms with van der Waals surface area (Å²) in [5.41, 5.74) is 3.05. The number of rotatable bonds is 2. The van der Waals surface area contributed by atoms with E-state index < -0.39 is 0 Å². The van der Waals surface area contributed by atoms with Crippen LogP contribution in [0.25, 0.3) is 21.5 Å². The van der Waals surface area contributed by atoms with E-state index in [4.69, 9.17) is 0 Å². The zero-order valence-corrected chi connectivity index (χ0v) is 17.9. The molecule has 2 aliphatic rings. The first-order valence-corrected chi connectivity index (χ1v) is 13.5. The Morgan fingerprint density at radius 2 is 1.04 bits per heavy atom. The van der Waals surface area contributed by atoms with Crippen LogP contribution in [0.4, 0.5) is 0 Å². The molecule has 3 aromatic carbocycles. The second kappa shape index (κ2) is 7.90. The number of hydrogen-bond donors (Lipinski definition) is 0. The van der Waals surface area contributed by atoms with Gasteiger partial charge in [0.1, 0.15) is 0 Å². The zero-order valence-electron chi connectivity index (χ0n) is 14.6. The third-order valence-corrected chi connectivity index (χ3v) is 11.1. The van der Waals surface area contributed by atoms with Crippen molar-refractivity contribution in [3.05, 3.63) is 59.7 Å². The minimum Gasteiger partial charge on any atom is -0.143 e. The van der Waals surface area contributed by atoms with Crippen LogP contribution >= 0.6 is 47.0 Å². The fourth-order valence-corrected chi connectivity index (χ4v) is 9.78. The highest BCUT2D eigenvalue weighted by atomic mass is 32.2. The summed E-state index contributed by atoms with van der Waals surface area (Å²) < 4.78 is 1.19. The summed E-state index contributed by atoms with van der Waals surface area (Å²) in [5, 5.41) is 5.71. The van der Waals surface area contributed by atoms with Gasteiger partial charge in [-0.15, -0.1) is 47.0 Å². The van der Waals surface area contributed by atoms with Crippen molar-refractivity contribution in [3.63, 3.8) is 0 Å². The summed E-state index contributed by atoms with van der Waals surface area (Å²) in [6.45, 7) is 0. The van der Waals surface area contributed by atoms with Gasteiger partial charge in [-0.1, -0.05) is 36.4 Å². The third kappa shape index (κ3) is 3.39. The monoisotopic (exact) mass is 414 g/mol. The van der Waals surface area contributed by atoms with Crippen molar-refractivity contribution >= 4 is 68.6 Å². The lowest BCUT2D eigenvalue weighted by atomic mass is 9.98. The van der Waals surface area contributed by atoms with Crippen LogP contribution in [0.5, 0.6) is 0 Å². The predicted molar refractivity (Wildman–Crippen MR) is 126 cm³/mol. The fraction of sp³-hybridized carbons (Fsp3) is 0.364. The van der Waals surface area contributed by atoms with Gasteiger partial charge in [0.05, 0.1) is 9.16 Å². The van der Waals surface area contributed by atoms with Crippen molar-refractivity contribution in [2.24, 2.45) is 0 Å². The average molecular weight is 415 g/mol. The summed E-state index contributed by atoms with van der Waals surface area (Å²) in [6, 6.07) is 18.7. The van der Waals surface area contributed by atoms with E-state index in [9.17, 15) is 0 Å². The first-order valence-electron chi connectivity index (χ1n) is 9.32. The molecule has 134 valence electrons. The van der Waals surface area contributed by atoms with E-state index in [1.165, 1.54) is 68.5 Å². The number of thioether (sulfide) groups is 4. The lowest BCUT2D eigenvalue weighted by molar-refractivity contribution is 1.10. The minimum absolute atomic E-state index is 0.593. The third-order valence-electron chi connectivity index (χ3n) is 5.11. The molecule has 0 aromatic heterocycles. The molecular formula is C22H22S4. The summed E-state index contributed by atoms with van der Waals surface area (Å²) in [5.74, 6) is 5.18. The van der Waals surface area contributed by atoms with Gasteiger partial charge in [-0.25, -0.2) is 0 Å². The van der Waals surface area contributed by atoms with Gasteiger partial charge >= 0.3 is 0 Å². The molecule has 2 heterocycles. The average Bonchev–Trinajstić information content (AvgIpc) is 2.72. The van der Waals surface area contributed by atoms with Crippen LogP contribution in [0, 0.1) is 0 Å².